The molecule has 0 bridgehead atoms. The van der Waals surface area contributed by atoms with Crippen molar-refractivity contribution < 1.29 is 14.7 Å². The first-order valence-corrected chi connectivity index (χ1v) is 5.34. The number of amides is 1. The van der Waals surface area contributed by atoms with Gasteiger partial charge in [-0.25, -0.2) is 4.79 Å². The van der Waals surface area contributed by atoms with Crippen LogP contribution in [0.15, 0.2) is 12.2 Å². The molecule has 0 aromatic rings. The Kier molecular flexibility index (Phi) is 4.87. The molecule has 4 nitrogen and oxygen atoms in total. The molecule has 0 heterocycles. The SMILES string of the molecule is O=C(O)C=CCNC(=O)CC1CCCC1. The highest BCUT2D eigenvalue weighted by Crippen LogP contribution is 2.27. The van der Waals surface area contributed by atoms with Gasteiger partial charge in [-0.3, -0.25) is 4.79 Å². The summed E-state index contributed by atoms with van der Waals surface area (Å²) in [6.45, 7) is 0.303. The molecule has 2 N–H and O–H groups in total. The van der Waals surface area contributed by atoms with E-state index in [1.54, 1.807) is 0 Å². The maximum Gasteiger partial charge on any atom is 0.328 e. The monoisotopic (exact) mass is 211 g/mol. The Morgan fingerprint density at radius 1 is 1.33 bits per heavy atom. The molecule has 1 amide bonds. The zero-order chi connectivity index (χ0) is 11.1. The first-order valence-electron chi connectivity index (χ1n) is 5.34. The number of nitrogens with one attached hydrogen (secondary N) is 1. The van der Waals surface area contributed by atoms with Gasteiger partial charge in [0.05, 0.1) is 0 Å². The van der Waals surface area contributed by atoms with Crippen molar-refractivity contribution in [3.8, 4) is 0 Å². The summed E-state index contributed by atoms with van der Waals surface area (Å²) in [5, 5.41) is 11.0. The lowest BCUT2D eigenvalue weighted by Crippen LogP contribution is -2.25. The van der Waals surface area contributed by atoms with Crippen LogP contribution in [0.25, 0.3) is 0 Å². The van der Waals surface area contributed by atoms with Crippen molar-refractivity contribution in [2.24, 2.45) is 5.92 Å². The van der Waals surface area contributed by atoms with Gasteiger partial charge in [-0.1, -0.05) is 18.9 Å². The summed E-state index contributed by atoms with van der Waals surface area (Å²) in [7, 11) is 0. The molecular formula is C11H17NO3. The smallest absolute Gasteiger partial charge is 0.328 e. The average molecular weight is 211 g/mol. The summed E-state index contributed by atoms with van der Waals surface area (Å²) in [6, 6.07) is 0. The van der Waals surface area contributed by atoms with Crippen LogP contribution in [-0.4, -0.2) is 23.5 Å². The van der Waals surface area contributed by atoms with Crippen molar-refractivity contribution in [1.82, 2.24) is 5.32 Å². The van der Waals surface area contributed by atoms with E-state index in [4.69, 9.17) is 5.11 Å². The van der Waals surface area contributed by atoms with E-state index in [1.165, 1.54) is 18.9 Å². The van der Waals surface area contributed by atoms with Gasteiger partial charge < -0.3 is 10.4 Å². The van der Waals surface area contributed by atoms with Crippen LogP contribution in [0.5, 0.6) is 0 Å². The second kappa shape index (κ2) is 6.22. The molecule has 1 fully saturated rings. The van der Waals surface area contributed by atoms with Gasteiger partial charge in [-0.2, -0.15) is 0 Å². The lowest BCUT2D eigenvalue weighted by atomic mass is 10.0. The van der Waals surface area contributed by atoms with E-state index >= 15 is 0 Å². The van der Waals surface area contributed by atoms with Gasteiger partial charge in [0.15, 0.2) is 0 Å². The number of hydrogen-bond acceptors (Lipinski definition) is 2. The van der Waals surface area contributed by atoms with Crippen LogP contribution >= 0.6 is 0 Å². The number of carbonyl (C=O) groups excluding carboxylic acids is 1. The van der Waals surface area contributed by atoms with Gasteiger partial charge in [0, 0.05) is 19.0 Å². The maximum absolute atomic E-state index is 11.4. The molecule has 0 spiro atoms. The molecule has 0 aromatic carbocycles. The van der Waals surface area contributed by atoms with Crippen molar-refractivity contribution in [2.45, 2.75) is 32.1 Å². The number of carboxylic acid groups (broad SMARTS) is 1. The summed E-state index contributed by atoms with van der Waals surface area (Å²) < 4.78 is 0. The average Bonchev–Trinajstić information content (AvgIpc) is 2.64. The summed E-state index contributed by atoms with van der Waals surface area (Å²) >= 11 is 0. The lowest BCUT2D eigenvalue weighted by Gasteiger charge is -2.07. The molecule has 4 heteroatoms. The number of rotatable bonds is 5. The van der Waals surface area contributed by atoms with Gasteiger partial charge in [0.25, 0.3) is 0 Å². The van der Waals surface area contributed by atoms with Crippen molar-refractivity contribution in [3.63, 3.8) is 0 Å². The predicted molar refractivity (Wildman–Crippen MR) is 56.4 cm³/mol. The quantitative estimate of drug-likeness (QED) is 0.674. The third kappa shape index (κ3) is 5.20. The van der Waals surface area contributed by atoms with E-state index in [1.807, 2.05) is 0 Å². The third-order valence-electron chi connectivity index (χ3n) is 2.63. The largest absolute Gasteiger partial charge is 0.478 e. The van der Waals surface area contributed by atoms with Gasteiger partial charge in [0.2, 0.25) is 5.91 Å². The van der Waals surface area contributed by atoms with Crippen LogP contribution < -0.4 is 5.32 Å². The highest BCUT2D eigenvalue weighted by atomic mass is 16.4. The molecule has 1 rings (SSSR count). The van der Waals surface area contributed by atoms with Crippen molar-refractivity contribution in [3.05, 3.63) is 12.2 Å². The van der Waals surface area contributed by atoms with Gasteiger partial charge in [-0.05, 0) is 18.8 Å². The van der Waals surface area contributed by atoms with Crippen LogP contribution in [0.1, 0.15) is 32.1 Å². The summed E-state index contributed by atoms with van der Waals surface area (Å²) in [6.07, 6.45) is 7.83. The standard InChI is InChI=1S/C11H17NO3/c13-10(8-9-4-1-2-5-9)12-7-3-6-11(14)15/h3,6,9H,1-2,4-5,7-8H2,(H,12,13)(H,14,15). The number of carbonyl (C=O) groups is 2. The fourth-order valence-corrected chi connectivity index (χ4v) is 1.88. The first kappa shape index (κ1) is 11.8. The van der Waals surface area contributed by atoms with Gasteiger partial charge in [-0.15, -0.1) is 0 Å². The van der Waals surface area contributed by atoms with E-state index in [0.29, 0.717) is 18.9 Å². The Balaban J connectivity index is 2.10. The topological polar surface area (TPSA) is 66.4 Å². The molecule has 1 saturated carbocycles. The molecule has 1 aliphatic carbocycles. The van der Waals surface area contributed by atoms with Crippen LogP contribution in [0.2, 0.25) is 0 Å². The molecule has 0 radical (unpaired) electrons. The minimum Gasteiger partial charge on any atom is -0.478 e. The molecule has 1 aliphatic rings. The Bertz CT molecular complexity index is 255. The maximum atomic E-state index is 11.4. The minimum absolute atomic E-state index is 0.0249. The second-order valence-electron chi connectivity index (χ2n) is 3.90. The Morgan fingerprint density at radius 3 is 2.60 bits per heavy atom. The molecule has 0 aliphatic heterocycles. The highest BCUT2D eigenvalue weighted by Gasteiger charge is 2.17. The van der Waals surface area contributed by atoms with Crippen molar-refractivity contribution in [2.75, 3.05) is 6.54 Å². The summed E-state index contributed by atoms with van der Waals surface area (Å²) in [5.74, 6) is -0.426. The molecule has 15 heavy (non-hydrogen) atoms. The molecule has 0 atom stereocenters. The van der Waals surface area contributed by atoms with Gasteiger partial charge >= 0.3 is 5.97 Å². The normalized spacial score (nSPS) is 17.1. The van der Waals surface area contributed by atoms with E-state index in [0.717, 1.165) is 18.9 Å². The first-order chi connectivity index (χ1) is 7.18. The Morgan fingerprint density at radius 2 is 2.00 bits per heavy atom. The fraction of sp³-hybridized carbons (Fsp3) is 0.636. The van der Waals surface area contributed by atoms with Crippen LogP contribution in [0, 0.1) is 5.92 Å². The number of aliphatic carboxylic acids is 1. The van der Waals surface area contributed by atoms with E-state index in [-0.39, 0.29) is 5.91 Å². The summed E-state index contributed by atoms with van der Waals surface area (Å²) in [5.41, 5.74) is 0. The second-order valence-corrected chi connectivity index (χ2v) is 3.90. The highest BCUT2D eigenvalue weighted by molar-refractivity contribution is 5.80. The van der Waals surface area contributed by atoms with E-state index in [9.17, 15) is 9.59 Å². The van der Waals surface area contributed by atoms with Crippen LogP contribution in [0.3, 0.4) is 0 Å². The zero-order valence-corrected chi connectivity index (χ0v) is 8.74. The Hall–Kier alpha value is -1.32. The minimum atomic E-state index is -0.986. The Labute approximate surface area is 89.4 Å². The summed E-state index contributed by atoms with van der Waals surface area (Å²) in [4.78, 5) is 21.5. The molecule has 84 valence electrons. The lowest BCUT2D eigenvalue weighted by molar-refractivity contribution is -0.131. The predicted octanol–water partition coefficient (Wildman–Crippen LogP) is 1.32. The van der Waals surface area contributed by atoms with Crippen molar-refractivity contribution >= 4 is 11.9 Å². The third-order valence-corrected chi connectivity index (χ3v) is 2.63. The zero-order valence-electron chi connectivity index (χ0n) is 8.74. The van der Waals surface area contributed by atoms with E-state index in [2.05, 4.69) is 5.32 Å². The van der Waals surface area contributed by atoms with Gasteiger partial charge in [0.1, 0.15) is 0 Å². The fourth-order valence-electron chi connectivity index (χ4n) is 1.88. The number of hydrogen-bond donors (Lipinski definition) is 2. The molecule has 0 aromatic heterocycles. The van der Waals surface area contributed by atoms with Crippen molar-refractivity contribution in [1.29, 1.82) is 0 Å². The van der Waals surface area contributed by atoms with Crippen LogP contribution in [-0.2, 0) is 9.59 Å². The van der Waals surface area contributed by atoms with E-state index < -0.39 is 5.97 Å². The van der Waals surface area contributed by atoms with Crippen LogP contribution in [0.4, 0.5) is 0 Å². The molecule has 0 unspecified atom stereocenters. The molecule has 0 saturated heterocycles. The number of carboxylic acids is 1. The molecular weight excluding hydrogens is 194 g/mol.